The van der Waals surface area contributed by atoms with E-state index in [0.29, 0.717) is 11.3 Å². The summed E-state index contributed by atoms with van der Waals surface area (Å²) < 4.78 is 4.64. The number of para-hydroxylation sites is 1. The lowest BCUT2D eigenvalue weighted by molar-refractivity contribution is -0.144. The van der Waals surface area contributed by atoms with Crippen molar-refractivity contribution in [2.75, 3.05) is 12.0 Å². The van der Waals surface area contributed by atoms with Crippen molar-refractivity contribution >= 4 is 23.5 Å². The number of carbonyl (C=O) groups excluding carboxylic acids is 3. The second-order valence-corrected chi connectivity index (χ2v) is 4.76. The molecule has 0 saturated carbocycles. The molecule has 1 heterocycles. The number of anilines is 1. The molecular formula is C14H15NO4. The second-order valence-electron chi connectivity index (χ2n) is 4.76. The van der Waals surface area contributed by atoms with Gasteiger partial charge in [0.15, 0.2) is 0 Å². The number of ether oxygens (including phenoxy) is 1. The Hall–Kier alpha value is -2.17. The number of carbonyl (C=O) groups is 3. The van der Waals surface area contributed by atoms with Crippen LogP contribution in [0.25, 0.3) is 0 Å². The smallest absolute Gasteiger partial charge is 0.306 e. The maximum atomic E-state index is 12.5. The molecule has 0 fully saturated rings. The molecule has 1 aromatic rings. The van der Waals surface area contributed by atoms with Crippen molar-refractivity contribution in [3.63, 3.8) is 0 Å². The SMILES string of the molecule is COC(=O)CC1(C)C(=O)N(C(C)=O)c2ccccc21. The van der Waals surface area contributed by atoms with Gasteiger partial charge in [-0.25, -0.2) is 4.90 Å². The molecule has 0 saturated heterocycles. The van der Waals surface area contributed by atoms with Crippen LogP contribution >= 0.6 is 0 Å². The van der Waals surface area contributed by atoms with Crippen LogP contribution in [0, 0.1) is 0 Å². The quantitative estimate of drug-likeness (QED) is 0.755. The van der Waals surface area contributed by atoms with Gasteiger partial charge in [0.05, 0.1) is 24.6 Å². The minimum Gasteiger partial charge on any atom is -0.469 e. The molecule has 0 radical (unpaired) electrons. The van der Waals surface area contributed by atoms with Gasteiger partial charge in [-0.2, -0.15) is 0 Å². The van der Waals surface area contributed by atoms with Gasteiger partial charge >= 0.3 is 5.97 Å². The Morgan fingerprint density at radius 2 is 1.95 bits per heavy atom. The van der Waals surface area contributed by atoms with Gasteiger partial charge in [-0.15, -0.1) is 0 Å². The molecule has 0 spiro atoms. The normalized spacial score (nSPS) is 21.2. The molecule has 5 nitrogen and oxygen atoms in total. The lowest BCUT2D eigenvalue weighted by Gasteiger charge is -2.21. The maximum absolute atomic E-state index is 12.5. The summed E-state index contributed by atoms with van der Waals surface area (Å²) >= 11 is 0. The van der Waals surface area contributed by atoms with Crippen LogP contribution in [0.15, 0.2) is 24.3 Å². The van der Waals surface area contributed by atoms with Gasteiger partial charge in [0.1, 0.15) is 0 Å². The van der Waals surface area contributed by atoms with Crippen molar-refractivity contribution in [1.29, 1.82) is 0 Å². The summed E-state index contributed by atoms with van der Waals surface area (Å²) in [7, 11) is 1.28. The lowest BCUT2D eigenvalue weighted by atomic mass is 9.81. The molecule has 19 heavy (non-hydrogen) atoms. The average Bonchev–Trinajstić information content (AvgIpc) is 2.59. The van der Waals surface area contributed by atoms with Crippen LogP contribution < -0.4 is 4.90 Å². The van der Waals surface area contributed by atoms with Gasteiger partial charge in [0.2, 0.25) is 11.8 Å². The molecule has 2 amide bonds. The summed E-state index contributed by atoms with van der Waals surface area (Å²) in [5.41, 5.74) is 0.182. The molecule has 1 aromatic carbocycles. The molecule has 1 aliphatic heterocycles. The Kier molecular flexibility index (Phi) is 3.14. The summed E-state index contributed by atoms with van der Waals surface area (Å²) in [5.74, 6) is -1.21. The van der Waals surface area contributed by atoms with Gasteiger partial charge in [0.25, 0.3) is 0 Å². The summed E-state index contributed by atoms with van der Waals surface area (Å²) in [6, 6.07) is 7.01. The van der Waals surface area contributed by atoms with Crippen LogP contribution in [0.2, 0.25) is 0 Å². The van der Waals surface area contributed by atoms with Crippen molar-refractivity contribution in [2.45, 2.75) is 25.7 Å². The maximum Gasteiger partial charge on any atom is 0.306 e. The Bertz CT molecular complexity index is 566. The summed E-state index contributed by atoms with van der Waals surface area (Å²) in [6.07, 6.45) is -0.0802. The van der Waals surface area contributed by atoms with Crippen LogP contribution in [0.4, 0.5) is 5.69 Å². The Morgan fingerprint density at radius 3 is 2.53 bits per heavy atom. The first-order valence-corrected chi connectivity index (χ1v) is 5.93. The van der Waals surface area contributed by atoms with Crippen LogP contribution in [0.1, 0.15) is 25.8 Å². The number of methoxy groups -OCH3 is 1. The topological polar surface area (TPSA) is 63.7 Å². The van der Waals surface area contributed by atoms with E-state index in [4.69, 9.17) is 0 Å². The van der Waals surface area contributed by atoms with E-state index in [1.54, 1.807) is 31.2 Å². The fourth-order valence-electron chi connectivity index (χ4n) is 2.45. The first kappa shape index (κ1) is 13.3. The first-order valence-electron chi connectivity index (χ1n) is 5.93. The third kappa shape index (κ3) is 1.91. The molecule has 5 heteroatoms. The largest absolute Gasteiger partial charge is 0.469 e. The Labute approximate surface area is 111 Å². The van der Waals surface area contributed by atoms with E-state index in [9.17, 15) is 14.4 Å². The molecule has 0 N–H and O–H groups in total. The number of amides is 2. The third-order valence-corrected chi connectivity index (χ3v) is 3.45. The molecule has 1 aliphatic rings. The van der Waals surface area contributed by atoms with Crippen LogP contribution in [0.5, 0.6) is 0 Å². The number of hydrogen-bond acceptors (Lipinski definition) is 4. The average molecular weight is 261 g/mol. The van der Waals surface area contributed by atoms with E-state index in [2.05, 4.69) is 4.74 Å². The van der Waals surface area contributed by atoms with Gasteiger partial charge < -0.3 is 4.74 Å². The highest BCUT2D eigenvalue weighted by atomic mass is 16.5. The number of benzene rings is 1. The molecule has 0 aliphatic carbocycles. The van der Waals surface area contributed by atoms with Gasteiger partial charge in [-0.3, -0.25) is 14.4 Å². The van der Waals surface area contributed by atoms with Crippen LogP contribution in [-0.2, 0) is 24.5 Å². The third-order valence-electron chi connectivity index (χ3n) is 3.45. The zero-order valence-electron chi connectivity index (χ0n) is 11.1. The van der Waals surface area contributed by atoms with E-state index in [-0.39, 0.29) is 18.2 Å². The molecule has 0 aromatic heterocycles. The van der Waals surface area contributed by atoms with E-state index < -0.39 is 11.4 Å². The summed E-state index contributed by atoms with van der Waals surface area (Å²) in [6.45, 7) is 2.99. The minimum absolute atomic E-state index is 0.0802. The predicted molar refractivity (Wildman–Crippen MR) is 68.6 cm³/mol. The highest BCUT2D eigenvalue weighted by molar-refractivity contribution is 6.22. The van der Waals surface area contributed by atoms with E-state index in [1.165, 1.54) is 14.0 Å². The number of imide groups is 1. The molecule has 0 bridgehead atoms. The number of hydrogen-bond donors (Lipinski definition) is 0. The minimum atomic E-state index is -1.05. The van der Waals surface area contributed by atoms with Crippen molar-refractivity contribution in [3.8, 4) is 0 Å². The number of esters is 1. The Morgan fingerprint density at radius 1 is 1.32 bits per heavy atom. The zero-order chi connectivity index (χ0) is 14.2. The first-order chi connectivity index (χ1) is 8.91. The van der Waals surface area contributed by atoms with E-state index >= 15 is 0 Å². The van der Waals surface area contributed by atoms with Crippen molar-refractivity contribution < 1.29 is 19.1 Å². The van der Waals surface area contributed by atoms with Crippen molar-refractivity contribution in [3.05, 3.63) is 29.8 Å². The van der Waals surface area contributed by atoms with Crippen LogP contribution in [0.3, 0.4) is 0 Å². The number of rotatable bonds is 2. The fraction of sp³-hybridized carbons (Fsp3) is 0.357. The van der Waals surface area contributed by atoms with Gasteiger partial charge in [-0.1, -0.05) is 18.2 Å². The van der Waals surface area contributed by atoms with Crippen LogP contribution in [-0.4, -0.2) is 24.9 Å². The lowest BCUT2D eigenvalue weighted by Crippen LogP contribution is -2.42. The second kappa shape index (κ2) is 4.50. The van der Waals surface area contributed by atoms with E-state index in [1.807, 2.05) is 0 Å². The molecular weight excluding hydrogens is 246 g/mol. The number of nitrogens with zero attached hydrogens (tertiary/aromatic N) is 1. The standard InChI is InChI=1S/C14H15NO4/c1-9(16)15-11-7-5-4-6-10(11)14(2,13(15)18)8-12(17)19-3/h4-7H,8H2,1-3H3. The summed E-state index contributed by atoms with van der Waals surface area (Å²) in [4.78, 5) is 36.8. The van der Waals surface area contributed by atoms with Gasteiger partial charge in [-0.05, 0) is 18.6 Å². The molecule has 1 atom stereocenters. The molecule has 2 rings (SSSR count). The Balaban J connectivity index is 2.55. The van der Waals surface area contributed by atoms with E-state index in [0.717, 1.165) is 4.90 Å². The zero-order valence-corrected chi connectivity index (χ0v) is 11.1. The fourth-order valence-corrected chi connectivity index (χ4v) is 2.45. The molecule has 1 unspecified atom stereocenters. The highest BCUT2D eigenvalue weighted by Gasteiger charge is 2.50. The highest BCUT2D eigenvalue weighted by Crippen LogP contribution is 2.43. The monoisotopic (exact) mass is 261 g/mol. The van der Waals surface area contributed by atoms with Gasteiger partial charge in [0, 0.05) is 6.92 Å². The molecule has 100 valence electrons. The predicted octanol–water partition coefficient (Wildman–Crippen LogP) is 1.40. The summed E-state index contributed by atoms with van der Waals surface area (Å²) in [5, 5.41) is 0. The van der Waals surface area contributed by atoms with Crippen molar-refractivity contribution in [1.82, 2.24) is 0 Å². The van der Waals surface area contributed by atoms with Crippen molar-refractivity contribution in [2.24, 2.45) is 0 Å². The number of fused-ring (bicyclic) bond motifs is 1.